The summed E-state index contributed by atoms with van der Waals surface area (Å²) in [7, 11) is 0. The normalized spacial score (nSPS) is 10.7. The van der Waals surface area contributed by atoms with Crippen molar-refractivity contribution in [2.75, 3.05) is 6.61 Å². The monoisotopic (exact) mass is 240 g/mol. The first kappa shape index (κ1) is 10.7. The average Bonchev–Trinajstić information content (AvgIpc) is 2.88. The Bertz CT molecular complexity index is 660. The Morgan fingerprint density at radius 3 is 2.72 bits per heavy atom. The number of hydrogen-bond acceptors (Lipinski definition) is 4. The molecule has 0 spiro atoms. The van der Waals surface area contributed by atoms with E-state index >= 15 is 0 Å². The van der Waals surface area contributed by atoms with Crippen LogP contribution in [0.4, 0.5) is 0 Å². The van der Waals surface area contributed by atoms with Crippen molar-refractivity contribution >= 4 is 11.2 Å². The third-order valence-electron chi connectivity index (χ3n) is 2.66. The molecule has 5 nitrogen and oxygen atoms in total. The van der Waals surface area contributed by atoms with Gasteiger partial charge in [0.15, 0.2) is 5.65 Å². The highest BCUT2D eigenvalue weighted by Gasteiger charge is 2.07. The van der Waals surface area contributed by atoms with Crippen molar-refractivity contribution in [1.29, 1.82) is 0 Å². The fourth-order valence-corrected chi connectivity index (χ4v) is 1.86. The van der Waals surface area contributed by atoms with Crippen LogP contribution < -0.4 is 4.74 Å². The quantitative estimate of drug-likeness (QED) is 0.763. The molecule has 1 aromatic carbocycles. The van der Waals surface area contributed by atoms with Crippen molar-refractivity contribution < 1.29 is 4.74 Å². The fourth-order valence-electron chi connectivity index (χ4n) is 1.86. The molecule has 0 amide bonds. The van der Waals surface area contributed by atoms with Crippen molar-refractivity contribution in [3.8, 4) is 17.0 Å². The maximum atomic E-state index is 5.42. The summed E-state index contributed by atoms with van der Waals surface area (Å²) in [5, 5.41) is 0. The zero-order valence-corrected chi connectivity index (χ0v) is 9.92. The van der Waals surface area contributed by atoms with Crippen LogP contribution in [0.2, 0.25) is 0 Å². The Kier molecular flexibility index (Phi) is 2.64. The van der Waals surface area contributed by atoms with Crippen LogP contribution in [-0.4, -0.2) is 26.5 Å². The number of fused-ring (bicyclic) bond motifs is 1. The Labute approximate surface area is 104 Å². The molecule has 3 rings (SSSR count). The van der Waals surface area contributed by atoms with Gasteiger partial charge in [-0.1, -0.05) is 0 Å². The van der Waals surface area contributed by atoms with Gasteiger partial charge in [-0.3, -0.25) is 0 Å². The van der Waals surface area contributed by atoms with Gasteiger partial charge in [0.1, 0.15) is 17.6 Å². The lowest BCUT2D eigenvalue weighted by molar-refractivity contribution is 0.340. The van der Waals surface area contributed by atoms with E-state index in [0.717, 1.165) is 22.5 Å². The zero-order valence-electron chi connectivity index (χ0n) is 9.92. The number of imidazole rings is 1. The van der Waals surface area contributed by atoms with Crippen LogP contribution in [0.3, 0.4) is 0 Å². The number of ether oxygens (including phenoxy) is 1. The topological polar surface area (TPSA) is 63.7 Å². The van der Waals surface area contributed by atoms with Crippen LogP contribution in [-0.2, 0) is 0 Å². The van der Waals surface area contributed by atoms with Crippen LogP contribution in [0.1, 0.15) is 6.92 Å². The van der Waals surface area contributed by atoms with Crippen molar-refractivity contribution in [3.63, 3.8) is 0 Å². The summed E-state index contributed by atoms with van der Waals surface area (Å²) in [5.41, 5.74) is 3.38. The lowest BCUT2D eigenvalue weighted by Gasteiger charge is -2.05. The lowest BCUT2D eigenvalue weighted by atomic mass is 10.1. The molecule has 0 aliphatic carbocycles. The van der Waals surface area contributed by atoms with Crippen LogP contribution in [0, 0.1) is 0 Å². The fraction of sp³-hybridized carbons (Fsp3) is 0.154. The van der Waals surface area contributed by atoms with E-state index in [1.54, 1.807) is 6.33 Å². The molecule has 0 saturated carbocycles. The zero-order chi connectivity index (χ0) is 12.4. The molecule has 0 saturated heterocycles. The second-order valence-corrected chi connectivity index (χ2v) is 3.78. The second-order valence-electron chi connectivity index (χ2n) is 3.78. The molecule has 0 atom stereocenters. The molecule has 2 aromatic heterocycles. The molecule has 3 aromatic rings. The molecular weight excluding hydrogens is 228 g/mol. The van der Waals surface area contributed by atoms with Gasteiger partial charge in [-0.05, 0) is 31.2 Å². The van der Waals surface area contributed by atoms with E-state index in [2.05, 4.69) is 19.9 Å². The standard InChI is InChI=1S/C13H12N4O/c1-2-18-10-5-3-9(4-6-10)11-12-13(16-7-14-11)17-8-15-12/h3-8H,2H2,1H3,(H,14,15,16,17). The van der Waals surface area contributed by atoms with Crippen LogP contribution >= 0.6 is 0 Å². The molecule has 0 aliphatic rings. The van der Waals surface area contributed by atoms with Crippen molar-refractivity contribution in [2.24, 2.45) is 0 Å². The smallest absolute Gasteiger partial charge is 0.181 e. The number of rotatable bonds is 3. The minimum atomic E-state index is 0.664. The Morgan fingerprint density at radius 1 is 1.11 bits per heavy atom. The highest BCUT2D eigenvalue weighted by Crippen LogP contribution is 2.24. The van der Waals surface area contributed by atoms with Gasteiger partial charge in [-0.15, -0.1) is 0 Å². The van der Waals surface area contributed by atoms with E-state index < -0.39 is 0 Å². The van der Waals surface area contributed by atoms with Crippen LogP contribution in [0.15, 0.2) is 36.9 Å². The average molecular weight is 240 g/mol. The van der Waals surface area contributed by atoms with Crippen molar-refractivity contribution in [3.05, 3.63) is 36.9 Å². The Morgan fingerprint density at radius 2 is 1.94 bits per heavy atom. The van der Waals surface area contributed by atoms with Gasteiger partial charge in [0.05, 0.1) is 18.6 Å². The number of hydrogen-bond donors (Lipinski definition) is 1. The number of aromatic amines is 1. The second kappa shape index (κ2) is 4.44. The number of nitrogens with one attached hydrogen (secondary N) is 1. The van der Waals surface area contributed by atoms with Gasteiger partial charge >= 0.3 is 0 Å². The SMILES string of the molecule is CCOc1ccc(-c2ncnc3nc[nH]c23)cc1. The number of aromatic nitrogens is 4. The number of H-pyrrole nitrogens is 1. The molecule has 5 heteroatoms. The van der Waals surface area contributed by atoms with Gasteiger partial charge < -0.3 is 9.72 Å². The van der Waals surface area contributed by atoms with Gasteiger partial charge in [0.2, 0.25) is 0 Å². The summed E-state index contributed by atoms with van der Waals surface area (Å²) < 4.78 is 5.42. The summed E-state index contributed by atoms with van der Waals surface area (Å²) in [5.74, 6) is 0.858. The van der Waals surface area contributed by atoms with Gasteiger partial charge in [0, 0.05) is 5.56 Å². The molecule has 0 fully saturated rings. The summed E-state index contributed by atoms with van der Waals surface area (Å²) >= 11 is 0. The Hall–Kier alpha value is -2.43. The third kappa shape index (κ3) is 1.79. The summed E-state index contributed by atoms with van der Waals surface area (Å²) in [6.07, 6.45) is 3.15. The highest BCUT2D eigenvalue weighted by atomic mass is 16.5. The van der Waals surface area contributed by atoms with Gasteiger partial charge in [-0.25, -0.2) is 15.0 Å². The predicted molar refractivity (Wildman–Crippen MR) is 68.3 cm³/mol. The summed E-state index contributed by atoms with van der Waals surface area (Å²) in [4.78, 5) is 15.6. The van der Waals surface area contributed by atoms with Gasteiger partial charge in [0.25, 0.3) is 0 Å². The molecule has 0 aliphatic heterocycles. The van der Waals surface area contributed by atoms with E-state index in [-0.39, 0.29) is 0 Å². The minimum Gasteiger partial charge on any atom is -0.494 e. The van der Waals surface area contributed by atoms with E-state index in [0.29, 0.717) is 12.3 Å². The first-order chi connectivity index (χ1) is 8.88. The molecule has 0 radical (unpaired) electrons. The molecule has 2 heterocycles. The predicted octanol–water partition coefficient (Wildman–Crippen LogP) is 2.42. The van der Waals surface area contributed by atoms with Gasteiger partial charge in [-0.2, -0.15) is 0 Å². The van der Waals surface area contributed by atoms with E-state index in [1.165, 1.54) is 6.33 Å². The summed E-state index contributed by atoms with van der Waals surface area (Å²) in [6, 6.07) is 7.83. The molecule has 0 unspecified atom stereocenters. The molecule has 90 valence electrons. The lowest BCUT2D eigenvalue weighted by Crippen LogP contribution is -1.92. The maximum absolute atomic E-state index is 5.42. The third-order valence-corrected chi connectivity index (χ3v) is 2.66. The van der Waals surface area contributed by atoms with Crippen molar-refractivity contribution in [1.82, 2.24) is 19.9 Å². The molecule has 0 bridgehead atoms. The van der Waals surface area contributed by atoms with Crippen LogP contribution in [0.25, 0.3) is 22.4 Å². The first-order valence-corrected chi connectivity index (χ1v) is 5.76. The molecular formula is C13H12N4O. The maximum Gasteiger partial charge on any atom is 0.181 e. The van der Waals surface area contributed by atoms with Crippen molar-refractivity contribution in [2.45, 2.75) is 6.92 Å². The highest BCUT2D eigenvalue weighted by molar-refractivity contribution is 5.86. The number of nitrogens with zero attached hydrogens (tertiary/aromatic N) is 3. The molecule has 18 heavy (non-hydrogen) atoms. The molecule has 1 N–H and O–H groups in total. The largest absolute Gasteiger partial charge is 0.494 e. The summed E-state index contributed by atoms with van der Waals surface area (Å²) in [6.45, 7) is 2.63. The first-order valence-electron chi connectivity index (χ1n) is 5.76. The number of benzene rings is 1. The van der Waals surface area contributed by atoms with E-state index in [9.17, 15) is 0 Å². The van der Waals surface area contributed by atoms with E-state index in [1.807, 2.05) is 31.2 Å². The van der Waals surface area contributed by atoms with E-state index in [4.69, 9.17) is 4.74 Å². The minimum absolute atomic E-state index is 0.664. The van der Waals surface area contributed by atoms with Crippen LogP contribution in [0.5, 0.6) is 5.75 Å². The Balaban J connectivity index is 2.06.